The van der Waals surface area contributed by atoms with Crippen LogP contribution < -0.4 is 14.8 Å². The molecule has 7 heteroatoms. The number of ether oxygens (including phenoxy) is 1. The first-order chi connectivity index (χ1) is 10.00. The average molecular weight is 377 g/mol. The fraction of sp³-hybridized carbons (Fsp3) is 0.571. The Bertz CT molecular complexity index is 572. The summed E-state index contributed by atoms with van der Waals surface area (Å²) in [4.78, 5) is 0. The van der Waals surface area contributed by atoms with E-state index in [9.17, 15) is 8.42 Å². The van der Waals surface area contributed by atoms with Crippen LogP contribution in [0.15, 0.2) is 22.7 Å². The zero-order valence-corrected chi connectivity index (χ0v) is 14.5. The minimum absolute atomic E-state index is 0.119. The minimum atomic E-state index is -3.36. The fourth-order valence-corrected chi connectivity index (χ4v) is 4.07. The summed E-state index contributed by atoms with van der Waals surface area (Å²) in [7, 11) is -1.81. The number of hydrogen-bond donors (Lipinski definition) is 2. The Kier molecular flexibility index (Phi) is 5.89. The molecule has 1 unspecified atom stereocenters. The molecule has 1 aliphatic heterocycles. The number of benzene rings is 1. The van der Waals surface area contributed by atoms with Gasteiger partial charge < -0.3 is 10.1 Å². The third kappa shape index (κ3) is 5.16. The SMILES string of the molecule is COc1ccc(Br)c(NS(=O)(=O)CCC2CCCCN2)c1. The molecule has 0 aliphatic carbocycles. The van der Waals surface area contributed by atoms with E-state index in [1.54, 1.807) is 25.3 Å². The molecule has 1 fully saturated rings. The van der Waals surface area contributed by atoms with Gasteiger partial charge in [0.1, 0.15) is 5.75 Å². The van der Waals surface area contributed by atoms with Crippen LogP contribution >= 0.6 is 15.9 Å². The van der Waals surface area contributed by atoms with Gasteiger partial charge in [0.25, 0.3) is 0 Å². The van der Waals surface area contributed by atoms with E-state index in [2.05, 4.69) is 26.0 Å². The van der Waals surface area contributed by atoms with Crippen molar-refractivity contribution in [1.82, 2.24) is 5.32 Å². The molecule has 1 aliphatic rings. The molecule has 1 atom stereocenters. The maximum absolute atomic E-state index is 12.2. The number of rotatable bonds is 6. The Morgan fingerprint density at radius 3 is 2.90 bits per heavy atom. The summed E-state index contributed by atoms with van der Waals surface area (Å²) in [6, 6.07) is 5.51. The van der Waals surface area contributed by atoms with Crippen LogP contribution in [0.1, 0.15) is 25.7 Å². The number of piperidine rings is 1. The largest absolute Gasteiger partial charge is 0.497 e. The first-order valence-corrected chi connectivity index (χ1v) is 9.52. The standard InChI is InChI=1S/C14H21BrN2O3S/c1-20-12-5-6-13(15)14(10-12)17-21(18,19)9-7-11-4-2-3-8-16-11/h5-6,10-11,16-17H,2-4,7-9H2,1H3. The predicted octanol–water partition coefficient (Wildman–Crippen LogP) is 2.73. The van der Waals surface area contributed by atoms with Crippen LogP contribution in [-0.2, 0) is 10.0 Å². The van der Waals surface area contributed by atoms with Gasteiger partial charge in [-0.05, 0) is 53.9 Å². The van der Waals surface area contributed by atoms with E-state index in [0.29, 0.717) is 28.4 Å². The molecule has 0 radical (unpaired) electrons. The predicted molar refractivity (Wildman–Crippen MR) is 88.4 cm³/mol. The maximum atomic E-state index is 12.2. The molecule has 1 aromatic rings. The summed E-state index contributed by atoms with van der Waals surface area (Å²) in [6.07, 6.45) is 4.04. The smallest absolute Gasteiger partial charge is 0.232 e. The summed E-state index contributed by atoms with van der Waals surface area (Å²) < 4.78 is 32.8. The average Bonchev–Trinajstić information content (AvgIpc) is 2.48. The second-order valence-corrected chi connectivity index (χ2v) is 7.90. The van der Waals surface area contributed by atoms with Crippen LogP contribution in [0.3, 0.4) is 0 Å². The topological polar surface area (TPSA) is 67.4 Å². The Hall–Kier alpha value is -0.790. The number of nitrogens with one attached hydrogen (secondary N) is 2. The van der Waals surface area contributed by atoms with E-state index >= 15 is 0 Å². The highest BCUT2D eigenvalue weighted by Gasteiger charge is 2.18. The summed E-state index contributed by atoms with van der Waals surface area (Å²) in [5.41, 5.74) is 0.506. The van der Waals surface area contributed by atoms with Crippen LogP contribution in [0.2, 0.25) is 0 Å². The third-order valence-corrected chi connectivity index (χ3v) is 5.58. The molecular weight excluding hydrogens is 356 g/mol. The van der Waals surface area contributed by atoms with Gasteiger partial charge in [-0.15, -0.1) is 0 Å². The van der Waals surface area contributed by atoms with Crippen LogP contribution in [0, 0.1) is 0 Å². The zero-order chi connectivity index (χ0) is 15.3. The van der Waals surface area contributed by atoms with E-state index in [1.807, 2.05) is 0 Å². The highest BCUT2D eigenvalue weighted by atomic mass is 79.9. The van der Waals surface area contributed by atoms with Crippen LogP contribution in [-0.4, -0.2) is 33.9 Å². The Morgan fingerprint density at radius 2 is 2.24 bits per heavy atom. The van der Waals surface area contributed by atoms with Crippen LogP contribution in [0.4, 0.5) is 5.69 Å². The van der Waals surface area contributed by atoms with E-state index in [1.165, 1.54) is 12.8 Å². The summed E-state index contributed by atoms with van der Waals surface area (Å²) >= 11 is 3.35. The lowest BCUT2D eigenvalue weighted by molar-refractivity contribution is 0.393. The zero-order valence-electron chi connectivity index (χ0n) is 12.1. The van der Waals surface area contributed by atoms with Crippen molar-refractivity contribution in [2.75, 3.05) is 24.1 Å². The lowest BCUT2D eigenvalue weighted by Crippen LogP contribution is -2.36. The van der Waals surface area contributed by atoms with Gasteiger partial charge in [-0.3, -0.25) is 4.72 Å². The Morgan fingerprint density at radius 1 is 1.43 bits per heavy atom. The molecule has 1 aromatic carbocycles. The first-order valence-electron chi connectivity index (χ1n) is 7.07. The second kappa shape index (κ2) is 7.47. The van der Waals surface area contributed by atoms with Crippen molar-refractivity contribution in [3.63, 3.8) is 0 Å². The molecule has 0 amide bonds. The number of sulfonamides is 1. The van der Waals surface area contributed by atoms with Gasteiger partial charge in [-0.1, -0.05) is 6.42 Å². The third-order valence-electron chi connectivity index (χ3n) is 3.59. The van der Waals surface area contributed by atoms with Crippen molar-refractivity contribution in [1.29, 1.82) is 0 Å². The van der Waals surface area contributed by atoms with Gasteiger partial charge in [0, 0.05) is 16.6 Å². The highest BCUT2D eigenvalue weighted by Crippen LogP contribution is 2.28. The number of hydrogen-bond acceptors (Lipinski definition) is 4. The van der Waals surface area contributed by atoms with E-state index in [4.69, 9.17) is 4.74 Å². The Labute approximate surface area is 134 Å². The lowest BCUT2D eigenvalue weighted by atomic mass is 10.0. The van der Waals surface area contributed by atoms with Gasteiger partial charge in [0.2, 0.25) is 10.0 Å². The Balaban J connectivity index is 1.96. The van der Waals surface area contributed by atoms with Crippen molar-refractivity contribution in [3.05, 3.63) is 22.7 Å². The van der Waals surface area contributed by atoms with Gasteiger partial charge in [-0.25, -0.2) is 8.42 Å². The maximum Gasteiger partial charge on any atom is 0.232 e. The van der Waals surface area contributed by atoms with Crippen molar-refractivity contribution in [3.8, 4) is 5.75 Å². The molecule has 21 heavy (non-hydrogen) atoms. The van der Waals surface area contributed by atoms with E-state index in [-0.39, 0.29) is 5.75 Å². The summed E-state index contributed by atoms with van der Waals surface area (Å²) in [6.45, 7) is 0.986. The van der Waals surface area contributed by atoms with E-state index < -0.39 is 10.0 Å². The number of methoxy groups -OCH3 is 1. The number of anilines is 1. The minimum Gasteiger partial charge on any atom is -0.497 e. The molecule has 2 N–H and O–H groups in total. The summed E-state index contributed by atoms with van der Waals surface area (Å²) in [5, 5.41) is 3.36. The van der Waals surface area contributed by atoms with Gasteiger partial charge >= 0.3 is 0 Å². The van der Waals surface area contributed by atoms with Crippen molar-refractivity contribution in [2.24, 2.45) is 0 Å². The number of halogens is 1. The molecule has 0 saturated carbocycles. The monoisotopic (exact) mass is 376 g/mol. The molecule has 1 saturated heterocycles. The fourth-order valence-electron chi connectivity index (χ4n) is 2.40. The van der Waals surface area contributed by atoms with Crippen molar-refractivity contribution in [2.45, 2.75) is 31.7 Å². The molecule has 118 valence electrons. The van der Waals surface area contributed by atoms with Gasteiger partial charge in [0.15, 0.2) is 0 Å². The molecule has 0 bridgehead atoms. The second-order valence-electron chi connectivity index (χ2n) is 5.20. The van der Waals surface area contributed by atoms with Crippen molar-refractivity contribution < 1.29 is 13.2 Å². The van der Waals surface area contributed by atoms with Crippen LogP contribution in [0.25, 0.3) is 0 Å². The first kappa shape index (κ1) is 16.6. The highest BCUT2D eigenvalue weighted by molar-refractivity contribution is 9.10. The van der Waals surface area contributed by atoms with E-state index in [0.717, 1.165) is 13.0 Å². The normalized spacial score (nSPS) is 19.2. The molecule has 1 heterocycles. The van der Waals surface area contributed by atoms with Gasteiger partial charge in [0.05, 0.1) is 18.6 Å². The molecule has 2 rings (SSSR count). The lowest BCUT2D eigenvalue weighted by Gasteiger charge is -2.23. The molecule has 5 nitrogen and oxygen atoms in total. The quantitative estimate of drug-likeness (QED) is 0.800. The van der Waals surface area contributed by atoms with Crippen LogP contribution in [0.5, 0.6) is 5.75 Å². The molecular formula is C14H21BrN2O3S. The molecule has 0 aromatic heterocycles. The summed E-state index contributed by atoms with van der Waals surface area (Å²) in [5.74, 6) is 0.735. The van der Waals surface area contributed by atoms with Gasteiger partial charge in [-0.2, -0.15) is 0 Å². The van der Waals surface area contributed by atoms with Crippen molar-refractivity contribution >= 4 is 31.6 Å². The molecule has 0 spiro atoms.